The molecule has 0 amide bonds. The van der Waals surface area contributed by atoms with Crippen molar-refractivity contribution in [1.82, 2.24) is 19.7 Å². The van der Waals surface area contributed by atoms with Crippen LogP contribution in [0.2, 0.25) is 0 Å². The Morgan fingerprint density at radius 1 is 1.25 bits per heavy atom. The van der Waals surface area contributed by atoms with E-state index in [0.29, 0.717) is 0 Å². The largest absolute Gasteiger partial charge is 0.377 e. The SMILES string of the molecule is C=C(C)N(C)CCN(CC)c1ccc(-n2cnc(C)n2)c(CC)c1. The summed E-state index contributed by atoms with van der Waals surface area (Å²) in [7, 11) is 2.09. The zero-order valence-electron chi connectivity index (χ0n) is 15.6. The van der Waals surface area contributed by atoms with Crippen molar-refractivity contribution in [2.45, 2.75) is 34.1 Å². The molecule has 0 saturated heterocycles. The molecule has 0 spiro atoms. The van der Waals surface area contributed by atoms with Gasteiger partial charge in [-0.3, -0.25) is 0 Å². The van der Waals surface area contributed by atoms with Crippen molar-refractivity contribution in [2.75, 3.05) is 31.6 Å². The Balaban J connectivity index is 2.22. The van der Waals surface area contributed by atoms with Crippen molar-refractivity contribution >= 4 is 5.69 Å². The maximum atomic E-state index is 4.44. The molecule has 0 radical (unpaired) electrons. The van der Waals surface area contributed by atoms with Crippen LogP contribution in [0.25, 0.3) is 5.69 Å². The fourth-order valence-corrected chi connectivity index (χ4v) is 2.67. The molecule has 0 aliphatic heterocycles. The number of aromatic nitrogens is 3. The first-order chi connectivity index (χ1) is 11.5. The highest BCUT2D eigenvalue weighted by Crippen LogP contribution is 2.23. The number of nitrogens with zero attached hydrogens (tertiary/aromatic N) is 5. The van der Waals surface area contributed by atoms with E-state index in [1.807, 2.05) is 18.5 Å². The summed E-state index contributed by atoms with van der Waals surface area (Å²) in [5, 5.41) is 4.44. The molecule has 0 atom stereocenters. The van der Waals surface area contributed by atoms with Gasteiger partial charge in [-0.25, -0.2) is 9.67 Å². The molecule has 0 fully saturated rings. The lowest BCUT2D eigenvalue weighted by molar-refractivity contribution is 0.425. The van der Waals surface area contributed by atoms with Crippen LogP contribution in [0.1, 0.15) is 32.2 Å². The third-order valence-corrected chi connectivity index (χ3v) is 4.40. The minimum Gasteiger partial charge on any atom is -0.377 e. The van der Waals surface area contributed by atoms with Crippen molar-refractivity contribution in [3.05, 3.63) is 48.2 Å². The Morgan fingerprint density at radius 2 is 2.00 bits per heavy atom. The normalized spacial score (nSPS) is 10.7. The topological polar surface area (TPSA) is 37.2 Å². The van der Waals surface area contributed by atoms with Gasteiger partial charge in [0, 0.05) is 38.1 Å². The fraction of sp³-hybridized carbons (Fsp3) is 0.474. The van der Waals surface area contributed by atoms with Crippen LogP contribution in [0.5, 0.6) is 0 Å². The van der Waals surface area contributed by atoms with Crippen LogP contribution in [0.3, 0.4) is 0 Å². The van der Waals surface area contributed by atoms with E-state index in [1.165, 1.54) is 11.3 Å². The van der Waals surface area contributed by atoms with Gasteiger partial charge in [0.25, 0.3) is 0 Å². The molecule has 1 aromatic heterocycles. The smallest absolute Gasteiger partial charge is 0.147 e. The van der Waals surface area contributed by atoms with Gasteiger partial charge in [-0.15, -0.1) is 0 Å². The molecule has 0 bridgehead atoms. The van der Waals surface area contributed by atoms with Crippen molar-refractivity contribution in [3.8, 4) is 5.69 Å². The molecule has 0 unspecified atom stereocenters. The summed E-state index contributed by atoms with van der Waals surface area (Å²) >= 11 is 0. The Morgan fingerprint density at radius 3 is 2.54 bits per heavy atom. The van der Waals surface area contributed by atoms with E-state index in [2.05, 4.69) is 65.6 Å². The quantitative estimate of drug-likeness (QED) is 0.744. The van der Waals surface area contributed by atoms with Gasteiger partial charge in [0.1, 0.15) is 12.2 Å². The molecule has 2 aromatic rings. The molecule has 0 aliphatic rings. The monoisotopic (exact) mass is 327 g/mol. The second-order valence-corrected chi connectivity index (χ2v) is 6.14. The highest BCUT2D eigenvalue weighted by Gasteiger charge is 2.11. The maximum Gasteiger partial charge on any atom is 0.147 e. The molecule has 24 heavy (non-hydrogen) atoms. The number of hydrogen-bond donors (Lipinski definition) is 0. The van der Waals surface area contributed by atoms with Gasteiger partial charge >= 0.3 is 0 Å². The van der Waals surface area contributed by atoms with E-state index in [9.17, 15) is 0 Å². The lowest BCUT2D eigenvalue weighted by Crippen LogP contribution is -2.32. The average Bonchev–Trinajstić information content (AvgIpc) is 3.01. The highest BCUT2D eigenvalue weighted by atomic mass is 15.3. The first-order valence-electron chi connectivity index (χ1n) is 8.59. The molecular formula is C19H29N5. The third kappa shape index (κ3) is 4.16. The van der Waals surface area contributed by atoms with Crippen LogP contribution < -0.4 is 4.90 Å². The van der Waals surface area contributed by atoms with Crippen molar-refractivity contribution in [2.24, 2.45) is 0 Å². The van der Waals surface area contributed by atoms with Gasteiger partial charge in [-0.05, 0) is 51.0 Å². The lowest BCUT2D eigenvalue weighted by atomic mass is 10.1. The Hall–Kier alpha value is -2.30. The van der Waals surface area contributed by atoms with Gasteiger partial charge in [0.15, 0.2) is 0 Å². The van der Waals surface area contributed by atoms with Gasteiger partial charge in [0.05, 0.1) is 5.69 Å². The second kappa shape index (κ2) is 7.99. The summed E-state index contributed by atoms with van der Waals surface area (Å²) in [5.74, 6) is 0.791. The minimum absolute atomic E-state index is 0.791. The first-order valence-corrected chi connectivity index (χ1v) is 8.59. The summed E-state index contributed by atoms with van der Waals surface area (Å²) < 4.78 is 1.86. The van der Waals surface area contributed by atoms with Crippen molar-refractivity contribution < 1.29 is 0 Å². The number of benzene rings is 1. The molecule has 2 rings (SSSR count). The molecule has 1 aromatic carbocycles. The molecule has 0 N–H and O–H groups in total. The number of rotatable bonds is 8. The minimum atomic E-state index is 0.791. The fourth-order valence-electron chi connectivity index (χ4n) is 2.67. The van der Waals surface area contributed by atoms with E-state index < -0.39 is 0 Å². The predicted molar refractivity (Wildman–Crippen MR) is 101 cm³/mol. The highest BCUT2D eigenvalue weighted by molar-refractivity contribution is 5.55. The van der Waals surface area contributed by atoms with Crippen LogP contribution >= 0.6 is 0 Å². The summed E-state index contributed by atoms with van der Waals surface area (Å²) in [6.07, 6.45) is 2.74. The number of anilines is 1. The van der Waals surface area contributed by atoms with E-state index in [4.69, 9.17) is 0 Å². The van der Waals surface area contributed by atoms with Crippen molar-refractivity contribution in [3.63, 3.8) is 0 Å². The first kappa shape index (κ1) is 18.0. The Kier molecular flexibility index (Phi) is 6.01. The van der Waals surface area contributed by atoms with Crippen LogP contribution in [0.4, 0.5) is 5.69 Å². The zero-order valence-corrected chi connectivity index (χ0v) is 15.6. The molecule has 130 valence electrons. The van der Waals surface area contributed by atoms with Crippen molar-refractivity contribution in [1.29, 1.82) is 0 Å². The summed E-state index contributed by atoms with van der Waals surface area (Å²) in [5.41, 5.74) is 4.74. The molecule has 0 saturated carbocycles. The van der Waals surface area contributed by atoms with E-state index in [0.717, 1.165) is 43.3 Å². The molecular weight excluding hydrogens is 298 g/mol. The predicted octanol–water partition coefficient (Wildman–Crippen LogP) is 3.43. The summed E-state index contributed by atoms with van der Waals surface area (Å²) in [6.45, 7) is 15.2. The van der Waals surface area contributed by atoms with Crippen LogP contribution in [0.15, 0.2) is 36.8 Å². The van der Waals surface area contributed by atoms with Gasteiger partial charge in [0.2, 0.25) is 0 Å². The maximum absolute atomic E-state index is 4.44. The molecule has 5 heteroatoms. The summed E-state index contributed by atoms with van der Waals surface area (Å²) in [6, 6.07) is 6.60. The number of allylic oxidation sites excluding steroid dienone is 1. The van der Waals surface area contributed by atoms with Gasteiger partial charge in [-0.2, -0.15) is 5.10 Å². The Labute approximate surface area is 145 Å². The zero-order chi connectivity index (χ0) is 17.7. The standard InChI is InChI=1S/C19H29N5/c1-7-17-13-18(23(8-2)12-11-22(6)15(3)4)9-10-19(17)24-14-20-16(5)21-24/h9-10,13-14H,3,7-8,11-12H2,1-2,4-6H3. The molecule has 5 nitrogen and oxygen atoms in total. The van der Waals surface area contributed by atoms with Gasteiger partial charge < -0.3 is 9.80 Å². The summed E-state index contributed by atoms with van der Waals surface area (Å²) in [4.78, 5) is 8.82. The number of hydrogen-bond acceptors (Lipinski definition) is 4. The third-order valence-electron chi connectivity index (χ3n) is 4.40. The van der Waals surface area contributed by atoms with Crippen LogP contribution in [-0.2, 0) is 6.42 Å². The molecule has 1 heterocycles. The number of aryl methyl sites for hydroxylation is 2. The van der Waals surface area contributed by atoms with E-state index in [1.54, 1.807) is 6.33 Å². The average molecular weight is 327 g/mol. The van der Waals surface area contributed by atoms with E-state index >= 15 is 0 Å². The van der Waals surface area contributed by atoms with E-state index in [-0.39, 0.29) is 0 Å². The van der Waals surface area contributed by atoms with Gasteiger partial charge in [-0.1, -0.05) is 13.5 Å². The second-order valence-electron chi connectivity index (χ2n) is 6.14. The Bertz CT molecular complexity index is 689. The lowest BCUT2D eigenvalue weighted by Gasteiger charge is -2.28. The number of likely N-dealkylation sites (N-methyl/N-ethyl adjacent to an activating group) is 2. The molecule has 0 aliphatic carbocycles. The van der Waals surface area contributed by atoms with Crippen LogP contribution in [-0.4, -0.2) is 46.3 Å². The van der Waals surface area contributed by atoms with Crippen LogP contribution in [0, 0.1) is 6.92 Å².